The Morgan fingerprint density at radius 1 is 0.483 bits per heavy atom. The molecule has 3 rings (SSSR count). The van der Waals surface area contributed by atoms with Gasteiger partial charge >= 0.3 is 7.82 Å². The molecule has 0 aliphatic rings. The molecule has 3 aromatic carbocycles. The molecule has 0 N–H and O–H groups in total. The van der Waals surface area contributed by atoms with Crippen molar-refractivity contribution in [3.05, 3.63) is 89.5 Å². The van der Waals surface area contributed by atoms with Crippen molar-refractivity contribution in [1.82, 2.24) is 0 Å². The van der Waals surface area contributed by atoms with Gasteiger partial charge in [0.2, 0.25) is 0 Å². The second-order valence-corrected chi connectivity index (χ2v) is 7.70. The van der Waals surface area contributed by atoms with Gasteiger partial charge in [0.25, 0.3) is 0 Å². The Hall–Kier alpha value is -2.83. The predicted octanol–water partition coefficient (Wildman–Crippen LogP) is 6.05. The van der Waals surface area contributed by atoms with E-state index in [2.05, 4.69) is 0 Å². The number of rotatable bonds is 9. The van der Waals surface area contributed by atoms with Crippen molar-refractivity contribution >= 4 is 7.82 Å². The van der Waals surface area contributed by atoms with Gasteiger partial charge in [-0.2, -0.15) is 0 Å². The number of phosphoric acid groups is 1. The van der Waals surface area contributed by atoms with Crippen LogP contribution in [0.25, 0.3) is 0 Å². The van der Waals surface area contributed by atoms with Crippen molar-refractivity contribution in [3.8, 4) is 17.2 Å². The number of aryl methyl sites for hydroxylation is 3. The quantitative estimate of drug-likeness (QED) is 0.239. The molecule has 152 valence electrons. The predicted molar refractivity (Wildman–Crippen MR) is 106 cm³/mol. The molecule has 0 atom stereocenters. The highest BCUT2D eigenvalue weighted by atomic mass is 31.2. The Kier molecular flexibility index (Phi) is 6.90. The summed E-state index contributed by atoms with van der Waals surface area (Å²) in [5, 5.41) is 0. The van der Waals surface area contributed by atoms with E-state index in [0.717, 1.165) is 16.7 Å². The smallest absolute Gasteiger partial charge is 0.327 e. The minimum Gasteiger partial charge on any atom is -0.327 e. The molecular weight excluding hydrogens is 395 g/mol. The molecule has 0 saturated heterocycles. The zero-order chi connectivity index (χ0) is 20.7. The van der Waals surface area contributed by atoms with Gasteiger partial charge in [-0.1, -0.05) is 67.1 Å². The second kappa shape index (κ2) is 9.58. The van der Waals surface area contributed by atoms with Crippen LogP contribution < -0.4 is 14.7 Å². The van der Waals surface area contributed by atoms with Crippen LogP contribution in [0.5, 0.6) is 17.2 Å². The summed E-state index contributed by atoms with van der Waals surface area (Å²) in [4.78, 5) is 15.2. The summed E-state index contributed by atoms with van der Waals surface area (Å²) in [5.74, 6) is 0.899. The van der Waals surface area contributed by atoms with E-state index in [4.69, 9.17) is 28.7 Å². The lowest BCUT2D eigenvalue weighted by atomic mass is 10.2. The zero-order valence-electron chi connectivity index (χ0n) is 16.2. The fourth-order valence-electron chi connectivity index (χ4n) is 2.08. The SMILES string of the molecule is Cc1ccc(OOP(=O)(OOc2ccc(C)cc2)OOc2ccc(C)cc2)cc1. The molecular formula is C21H21O7P. The molecule has 0 aliphatic carbocycles. The van der Waals surface area contributed by atoms with E-state index in [0.29, 0.717) is 17.2 Å². The van der Waals surface area contributed by atoms with Crippen molar-refractivity contribution < 1.29 is 33.3 Å². The Balaban J connectivity index is 1.67. The number of hydrogen-bond acceptors (Lipinski definition) is 7. The van der Waals surface area contributed by atoms with Crippen LogP contribution in [0.15, 0.2) is 72.8 Å². The lowest BCUT2D eigenvalue weighted by Gasteiger charge is -2.15. The van der Waals surface area contributed by atoms with Gasteiger partial charge in [0.15, 0.2) is 17.2 Å². The van der Waals surface area contributed by atoms with Gasteiger partial charge in [0.1, 0.15) is 0 Å². The summed E-state index contributed by atoms with van der Waals surface area (Å²) in [6.07, 6.45) is 0. The van der Waals surface area contributed by atoms with Crippen LogP contribution >= 0.6 is 7.82 Å². The molecule has 0 unspecified atom stereocenters. The van der Waals surface area contributed by atoms with E-state index in [1.165, 1.54) is 0 Å². The molecule has 0 saturated carbocycles. The highest BCUT2D eigenvalue weighted by molar-refractivity contribution is 7.48. The fraction of sp³-hybridized carbons (Fsp3) is 0.143. The summed E-state index contributed by atoms with van der Waals surface area (Å²) in [7, 11) is -4.42. The fourth-order valence-corrected chi connectivity index (χ4v) is 2.69. The average molecular weight is 416 g/mol. The van der Waals surface area contributed by atoms with E-state index in [1.54, 1.807) is 72.8 Å². The van der Waals surface area contributed by atoms with Gasteiger partial charge in [0.05, 0.1) is 0 Å². The minimum atomic E-state index is -4.42. The first-order valence-corrected chi connectivity index (χ1v) is 10.3. The molecule has 8 heteroatoms. The molecule has 29 heavy (non-hydrogen) atoms. The summed E-state index contributed by atoms with van der Waals surface area (Å²) in [5.41, 5.74) is 3.08. The van der Waals surface area contributed by atoms with Gasteiger partial charge in [0, 0.05) is 0 Å². The van der Waals surface area contributed by atoms with Gasteiger partial charge in [-0.15, -0.1) is 0 Å². The first kappa shape index (κ1) is 20.9. The third-order valence-electron chi connectivity index (χ3n) is 3.74. The van der Waals surface area contributed by atoms with Crippen molar-refractivity contribution in [1.29, 1.82) is 0 Å². The van der Waals surface area contributed by atoms with Gasteiger partial charge in [-0.05, 0) is 57.2 Å². The van der Waals surface area contributed by atoms with Crippen LogP contribution in [0, 0.1) is 20.8 Å². The van der Waals surface area contributed by atoms with Crippen molar-refractivity contribution in [3.63, 3.8) is 0 Å². The van der Waals surface area contributed by atoms with Crippen molar-refractivity contribution in [2.24, 2.45) is 0 Å². The lowest BCUT2D eigenvalue weighted by Crippen LogP contribution is -2.08. The molecule has 0 spiro atoms. The largest absolute Gasteiger partial charge is 0.583 e. The van der Waals surface area contributed by atoms with Crippen molar-refractivity contribution in [2.45, 2.75) is 20.8 Å². The molecule has 0 heterocycles. The molecule has 0 bridgehead atoms. The Labute approximate surface area is 169 Å². The van der Waals surface area contributed by atoms with Gasteiger partial charge in [-0.25, -0.2) is 4.57 Å². The molecule has 0 amide bonds. The summed E-state index contributed by atoms with van der Waals surface area (Å²) >= 11 is 0. The molecule has 0 aromatic heterocycles. The highest BCUT2D eigenvalue weighted by Crippen LogP contribution is 2.50. The maximum Gasteiger partial charge on any atom is 0.583 e. The van der Waals surface area contributed by atoms with Gasteiger partial charge < -0.3 is 14.7 Å². The van der Waals surface area contributed by atoms with E-state index in [-0.39, 0.29) is 0 Å². The Morgan fingerprint density at radius 3 is 0.966 bits per heavy atom. The second-order valence-electron chi connectivity index (χ2n) is 6.36. The summed E-state index contributed by atoms with van der Waals surface area (Å²) < 4.78 is 27.6. The topological polar surface area (TPSA) is 72.5 Å². The molecule has 0 fully saturated rings. The number of hydrogen-bond donors (Lipinski definition) is 0. The monoisotopic (exact) mass is 416 g/mol. The first-order chi connectivity index (χ1) is 13.9. The normalized spacial score (nSPS) is 11.1. The third-order valence-corrected chi connectivity index (χ3v) is 4.51. The summed E-state index contributed by atoms with van der Waals surface area (Å²) in [6.45, 7) is 5.77. The van der Waals surface area contributed by atoms with Crippen molar-refractivity contribution in [2.75, 3.05) is 0 Å². The average Bonchev–Trinajstić information content (AvgIpc) is 2.73. The summed E-state index contributed by atoms with van der Waals surface area (Å²) in [6, 6.07) is 20.7. The lowest BCUT2D eigenvalue weighted by molar-refractivity contribution is -0.237. The number of benzene rings is 3. The molecule has 0 radical (unpaired) electrons. The molecule has 0 aliphatic heterocycles. The van der Waals surface area contributed by atoms with Crippen LogP contribution in [0.1, 0.15) is 16.7 Å². The molecule has 7 nitrogen and oxygen atoms in total. The maximum atomic E-state index is 12.9. The zero-order valence-corrected chi connectivity index (χ0v) is 17.1. The first-order valence-electron chi connectivity index (χ1n) is 8.81. The minimum absolute atomic E-state index is 0.300. The van der Waals surface area contributed by atoms with E-state index in [9.17, 15) is 4.57 Å². The van der Waals surface area contributed by atoms with E-state index < -0.39 is 7.82 Å². The van der Waals surface area contributed by atoms with Crippen LogP contribution in [0.4, 0.5) is 0 Å². The van der Waals surface area contributed by atoms with Crippen LogP contribution in [0.2, 0.25) is 0 Å². The highest BCUT2D eigenvalue weighted by Gasteiger charge is 2.35. The Morgan fingerprint density at radius 2 is 0.724 bits per heavy atom. The van der Waals surface area contributed by atoms with Crippen LogP contribution in [-0.4, -0.2) is 0 Å². The van der Waals surface area contributed by atoms with Crippen LogP contribution in [0.3, 0.4) is 0 Å². The Bertz CT molecular complexity index is 827. The van der Waals surface area contributed by atoms with Crippen LogP contribution in [-0.2, 0) is 18.6 Å². The van der Waals surface area contributed by atoms with Gasteiger partial charge in [-0.3, -0.25) is 0 Å². The van der Waals surface area contributed by atoms with E-state index >= 15 is 0 Å². The van der Waals surface area contributed by atoms with E-state index in [1.807, 2.05) is 20.8 Å². The third kappa shape index (κ3) is 6.62. The standard InChI is InChI=1S/C21H21O7P/c1-16-4-10-19(11-5-16)23-26-29(22,27-24-20-12-6-17(2)7-13-20)28-25-21-14-8-18(3)9-15-21/h4-15H,1-3H3. The molecule has 3 aromatic rings. The maximum absolute atomic E-state index is 12.9.